The van der Waals surface area contributed by atoms with Crippen LogP contribution in [0.25, 0.3) is 0 Å². The van der Waals surface area contributed by atoms with Crippen LogP contribution in [0.15, 0.2) is 18.2 Å². The number of hydrogen-bond acceptors (Lipinski definition) is 4. The number of rotatable bonds is 5. The Morgan fingerprint density at radius 2 is 2.05 bits per heavy atom. The summed E-state index contributed by atoms with van der Waals surface area (Å²) in [7, 11) is 1.40. The van der Waals surface area contributed by atoms with Gasteiger partial charge in [0.1, 0.15) is 5.56 Å². The monoisotopic (exact) mass is 313 g/mol. The summed E-state index contributed by atoms with van der Waals surface area (Å²) in [5.74, 6) is -0.949. The normalized spacial score (nSPS) is 10.3. The van der Waals surface area contributed by atoms with Crippen LogP contribution in [0.1, 0.15) is 24.2 Å². The maximum Gasteiger partial charge on any atom is 0.283 e. The maximum absolute atomic E-state index is 12.2. The van der Waals surface area contributed by atoms with Gasteiger partial charge in [-0.3, -0.25) is 19.7 Å². The lowest BCUT2D eigenvalue weighted by molar-refractivity contribution is -0.385. The number of amides is 2. The number of hydrogen-bond donors (Lipinski definition) is 1. The molecule has 1 rings (SSSR count). The molecule has 0 aliphatic heterocycles. The Bertz CT molecular complexity index is 575. The van der Waals surface area contributed by atoms with Crippen LogP contribution >= 0.6 is 11.6 Å². The third-order valence-corrected chi connectivity index (χ3v) is 2.80. The highest BCUT2D eigenvalue weighted by Crippen LogP contribution is 2.24. The fraction of sp³-hybridized carbons (Fsp3) is 0.385. The average Bonchev–Trinajstić information content (AvgIpc) is 2.36. The van der Waals surface area contributed by atoms with Crippen molar-refractivity contribution >= 4 is 29.1 Å². The van der Waals surface area contributed by atoms with Crippen molar-refractivity contribution in [3.8, 4) is 0 Å². The fourth-order valence-corrected chi connectivity index (χ4v) is 1.86. The average molecular weight is 314 g/mol. The molecule has 1 aromatic rings. The minimum absolute atomic E-state index is 0.0501. The van der Waals surface area contributed by atoms with E-state index in [1.165, 1.54) is 19.2 Å². The Kier molecular flexibility index (Phi) is 5.66. The quantitative estimate of drug-likeness (QED) is 0.663. The highest BCUT2D eigenvalue weighted by atomic mass is 35.5. The van der Waals surface area contributed by atoms with E-state index >= 15 is 0 Å². The van der Waals surface area contributed by atoms with Gasteiger partial charge < -0.3 is 10.2 Å². The third-order valence-electron chi connectivity index (χ3n) is 2.56. The topological polar surface area (TPSA) is 92.6 Å². The largest absolute Gasteiger partial charge is 0.352 e. The molecule has 0 unspecified atom stereocenters. The molecule has 0 radical (unpaired) electrons. The van der Waals surface area contributed by atoms with Crippen LogP contribution in [0.4, 0.5) is 5.69 Å². The van der Waals surface area contributed by atoms with Gasteiger partial charge in [-0.2, -0.15) is 0 Å². The SMILES string of the molecule is CC(C)NC(=O)CN(C)C(=O)c1ccc(Cl)cc1[N+](=O)[O-]. The van der Waals surface area contributed by atoms with E-state index in [0.717, 1.165) is 11.0 Å². The number of halogens is 1. The predicted molar refractivity (Wildman–Crippen MR) is 78.3 cm³/mol. The van der Waals surface area contributed by atoms with E-state index < -0.39 is 10.8 Å². The molecule has 2 amide bonds. The molecule has 7 nitrogen and oxygen atoms in total. The molecular formula is C13H16ClN3O4. The van der Waals surface area contributed by atoms with E-state index in [1.807, 2.05) is 0 Å². The number of nitro benzene ring substituents is 1. The van der Waals surface area contributed by atoms with Crippen LogP contribution in [0, 0.1) is 10.1 Å². The molecule has 0 saturated heterocycles. The Hall–Kier alpha value is -2.15. The van der Waals surface area contributed by atoms with Gasteiger partial charge >= 0.3 is 0 Å². The molecule has 8 heteroatoms. The second-order valence-electron chi connectivity index (χ2n) is 4.80. The summed E-state index contributed by atoms with van der Waals surface area (Å²) in [6, 6.07) is 3.73. The molecular weight excluding hydrogens is 298 g/mol. The van der Waals surface area contributed by atoms with Gasteiger partial charge in [0, 0.05) is 24.2 Å². The number of likely N-dealkylation sites (N-methyl/N-ethyl adjacent to an activating group) is 1. The third kappa shape index (κ3) is 4.71. The van der Waals surface area contributed by atoms with Crippen molar-refractivity contribution in [2.75, 3.05) is 13.6 Å². The zero-order valence-electron chi connectivity index (χ0n) is 11.9. The summed E-state index contributed by atoms with van der Waals surface area (Å²) in [6.45, 7) is 3.41. The molecule has 0 aliphatic rings. The van der Waals surface area contributed by atoms with Crippen molar-refractivity contribution in [3.63, 3.8) is 0 Å². The van der Waals surface area contributed by atoms with Crippen molar-refractivity contribution in [3.05, 3.63) is 38.9 Å². The number of carbonyl (C=O) groups is 2. The number of carbonyl (C=O) groups excluding carboxylic acids is 2. The molecule has 0 aliphatic carbocycles. The lowest BCUT2D eigenvalue weighted by Gasteiger charge is -2.18. The first-order chi connectivity index (χ1) is 9.72. The molecule has 0 spiro atoms. The summed E-state index contributed by atoms with van der Waals surface area (Å²) in [4.78, 5) is 35.2. The van der Waals surface area contributed by atoms with E-state index in [1.54, 1.807) is 13.8 Å². The van der Waals surface area contributed by atoms with Gasteiger partial charge in [0.15, 0.2) is 0 Å². The van der Waals surface area contributed by atoms with E-state index in [9.17, 15) is 19.7 Å². The van der Waals surface area contributed by atoms with Gasteiger partial charge in [-0.15, -0.1) is 0 Å². The van der Waals surface area contributed by atoms with Crippen LogP contribution in [-0.2, 0) is 4.79 Å². The van der Waals surface area contributed by atoms with Crippen molar-refractivity contribution in [1.29, 1.82) is 0 Å². The Morgan fingerprint density at radius 3 is 2.57 bits per heavy atom. The fourth-order valence-electron chi connectivity index (χ4n) is 1.70. The number of nitrogens with zero attached hydrogens (tertiary/aromatic N) is 2. The molecule has 114 valence electrons. The summed E-state index contributed by atoms with van der Waals surface area (Å²) in [6.07, 6.45) is 0. The first-order valence-electron chi connectivity index (χ1n) is 6.21. The van der Waals surface area contributed by atoms with E-state index in [-0.39, 0.29) is 34.8 Å². The molecule has 0 aromatic heterocycles. The predicted octanol–water partition coefficient (Wildman–Crippen LogP) is 1.84. The van der Waals surface area contributed by atoms with E-state index in [0.29, 0.717) is 0 Å². The van der Waals surface area contributed by atoms with Crippen LogP contribution in [-0.4, -0.2) is 41.3 Å². The standard InChI is InChI=1S/C13H16ClN3O4/c1-8(2)15-12(18)7-16(3)13(19)10-5-4-9(14)6-11(10)17(20)21/h4-6,8H,7H2,1-3H3,(H,15,18). The number of benzene rings is 1. The number of nitro groups is 1. The minimum Gasteiger partial charge on any atom is -0.352 e. The number of nitrogens with one attached hydrogen (secondary N) is 1. The van der Waals surface area contributed by atoms with Gasteiger partial charge in [-0.05, 0) is 26.0 Å². The Balaban J connectivity index is 2.93. The Labute approximate surface area is 127 Å². The van der Waals surface area contributed by atoms with Gasteiger partial charge in [-0.25, -0.2) is 0 Å². The van der Waals surface area contributed by atoms with Crippen LogP contribution in [0.2, 0.25) is 5.02 Å². The first kappa shape index (κ1) is 16.9. The second kappa shape index (κ2) is 7.03. The smallest absolute Gasteiger partial charge is 0.283 e. The van der Waals surface area contributed by atoms with Crippen molar-refractivity contribution < 1.29 is 14.5 Å². The van der Waals surface area contributed by atoms with Crippen LogP contribution in [0.5, 0.6) is 0 Å². The van der Waals surface area contributed by atoms with Crippen molar-refractivity contribution in [1.82, 2.24) is 10.2 Å². The van der Waals surface area contributed by atoms with Crippen molar-refractivity contribution in [2.45, 2.75) is 19.9 Å². The van der Waals surface area contributed by atoms with Gasteiger partial charge in [0.25, 0.3) is 11.6 Å². The summed E-state index contributed by atoms with van der Waals surface area (Å²) in [5.41, 5.74) is -0.493. The molecule has 0 heterocycles. The molecule has 0 saturated carbocycles. The van der Waals surface area contributed by atoms with Crippen LogP contribution in [0.3, 0.4) is 0 Å². The Morgan fingerprint density at radius 1 is 1.43 bits per heavy atom. The minimum atomic E-state index is -0.679. The van der Waals surface area contributed by atoms with Gasteiger partial charge in [0.05, 0.1) is 11.5 Å². The maximum atomic E-state index is 12.2. The van der Waals surface area contributed by atoms with E-state index in [2.05, 4.69) is 5.32 Å². The van der Waals surface area contributed by atoms with Crippen molar-refractivity contribution in [2.24, 2.45) is 0 Å². The zero-order chi connectivity index (χ0) is 16.2. The molecule has 0 atom stereocenters. The van der Waals surface area contributed by atoms with Gasteiger partial charge in [0.2, 0.25) is 5.91 Å². The molecule has 1 N–H and O–H groups in total. The zero-order valence-corrected chi connectivity index (χ0v) is 12.7. The molecule has 1 aromatic carbocycles. The lowest BCUT2D eigenvalue weighted by Crippen LogP contribution is -2.41. The molecule has 21 heavy (non-hydrogen) atoms. The lowest BCUT2D eigenvalue weighted by atomic mass is 10.1. The van der Waals surface area contributed by atoms with E-state index in [4.69, 9.17) is 11.6 Å². The highest BCUT2D eigenvalue weighted by molar-refractivity contribution is 6.31. The summed E-state index contributed by atoms with van der Waals surface area (Å²) >= 11 is 5.69. The van der Waals surface area contributed by atoms with Gasteiger partial charge in [-0.1, -0.05) is 11.6 Å². The van der Waals surface area contributed by atoms with Crippen LogP contribution < -0.4 is 5.32 Å². The molecule has 0 fully saturated rings. The second-order valence-corrected chi connectivity index (χ2v) is 5.24. The highest BCUT2D eigenvalue weighted by Gasteiger charge is 2.24. The first-order valence-corrected chi connectivity index (χ1v) is 6.59. The summed E-state index contributed by atoms with van der Waals surface area (Å²) < 4.78 is 0. The summed E-state index contributed by atoms with van der Waals surface area (Å²) in [5, 5.41) is 13.8. The molecule has 0 bridgehead atoms.